The number of ether oxygens (including phenoxy) is 2. The second-order valence-corrected chi connectivity index (χ2v) is 7.34. The van der Waals surface area contributed by atoms with E-state index in [4.69, 9.17) is 9.47 Å². The molecule has 0 unspecified atom stereocenters. The summed E-state index contributed by atoms with van der Waals surface area (Å²) in [5.74, 6) is 0.293. The average Bonchev–Trinajstić information content (AvgIpc) is 2.73. The van der Waals surface area contributed by atoms with Crippen LogP contribution in [0.3, 0.4) is 0 Å². The molecule has 1 aliphatic heterocycles. The number of ketones is 2. The highest BCUT2D eigenvalue weighted by atomic mass is 16.5. The summed E-state index contributed by atoms with van der Waals surface area (Å²) in [7, 11) is 1.59. The number of carbonyl (C=O) groups excluding carboxylic acids is 2. The lowest BCUT2D eigenvalue weighted by Crippen LogP contribution is -2.31. The second kappa shape index (κ2) is 7.55. The molecule has 0 bridgehead atoms. The molecule has 0 aromatic heterocycles. The van der Waals surface area contributed by atoms with E-state index in [-0.39, 0.29) is 11.6 Å². The Hall–Kier alpha value is -3.40. The van der Waals surface area contributed by atoms with Crippen LogP contribution in [0.15, 0.2) is 66.7 Å². The van der Waals surface area contributed by atoms with E-state index >= 15 is 0 Å². The third-order valence-corrected chi connectivity index (χ3v) is 5.42. The van der Waals surface area contributed by atoms with Crippen molar-refractivity contribution in [3.63, 3.8) is 0 Å². The van der Waals surface area contributed by atoms with Gasteiger partial charge in [0.15, 0.2) is 5.78 Å². The van der Waals surface area contributed by atoms with Gasteiger partial charge in [-0.05, 0) is 38.1 Å². The van der Waals surface area contributed by atoms with Crippen LogP contribution in [0.4, 0.5) is 0 Å². The van der Waals surface area contributed by atoms with Gasteiger partial charge >= 0.3 is 0 Å². The van der Waals surface area contributed by atoms with Crippen LogP contribution in [0, 0.1) is 12.8 Å². The summed E-state index contributed by atoms with van der Waals surface area (Å²) in [6.07, 6.45) is 0. The summed E-state index contributed by atoms with van der Waals surface area (Å²) in [6.45, 7) is 3.45. The topological polar surface area (TPSA) is 52.6 Å². The predicted octanol–water partition coefficient (Wildman–Crippen LogP) is 5.33. The number of benzene rings is 3. The van der Waals surface area contributed by atoms with Crippen LogP contribution in [-0.4, -0.2) is 18.7 Å². The van der Waals surface area contributed by atoms with Crippen LogP contribution >= 0.6 is 0 Å². The van der Waals surface area contributed by atoms with Crippen molar-refractivity contribution in [3.05, 3.63) is 89.0 Å². The maximum absolute atomic E-state index is 13.5. The molecule has 0 aliphatic carbocycles. The molecule has 4 rings (SSSR count). The summed E-state index contributed by atoms with van der Waals surface area (Å²) in [5.41, 5.74) is 3.20. The van der Waals surface area contributed by atoms with E-state index in [0.717, 1.165) is 16.7 Å². The summed E-state index contributed by atoms with van der Waals surface area (Å²) < 4.78 is 11.4. The van der Waals surface area contributed by atoms with Crippen LogP contribution in [0.2, 0.25) is 0 Å². The molecule has 3 aromatic rings. The van der Waals surface area contributed by atoms with Crippen LogP contribution in [0.25, 0.3) is 0 Å². The van der Waals surface area contributed by atoms with Gasteiger partial charge in [0.25, 0.3) is 0 Å². The fourth-order valence-electron chi connectivity index (χ4n) is 3.93. The molecule has 146 valence electrons. The molecule has 0 radical (unpaired) electrons. The molecule has 3 aromatic carbocycles. The number of para-hydroxylation sites is 1. The molecule has 1 heterocycles. The molecular weight excluding hydrogens is 364 g/mol. The van der Waals surface area contributed by atoms with E-state index in [1.54, 1.807) is 19.2 Å². The molecular formula is C25H22O4. The first-order chi connectivity index (χ1) is 14.0. The smallest absolute Gasteiger partial charge is 0.174 e. The molecule has 29 heavy (non-hydrogen) atoms. The lowest BCUT2D eigenvalue weighted by atomic mass is 9.73. The Labute approximate surface area is 170 Å². The molecule has 0 amide bonds. The van der Waals surface area contributed by atoms with Crippen LogP contribution < -0.4 is 9.47 Å². The third-order valence-electron chi connectivity index (χ3n) is 5.42. The molecule has 0 spiro atoms. The maximum atomic E-state index is 13.5. The Kier molecular flexibility index (Phi) is 4.93. The van der Waals surface area contributed by atoms with Crippen LogP contribution in [-0.2, 0) is 4.79 Å². The first-order valence-electron chi connectivity index (χ1n) is 9.55. The third kappa shape index (κ3) is 3.42. The monoisotopic (exact) mass is 386 g/mol. The quantitative estimate of drug-likeness (QED) is 0.439. The summed E-state index contributed by atoms with van der Waals surface area (Å²) in [6, 6.07) is 20.4. The van der Waals surface area contributed by atoms with Gasteiger partial charge in [0.2, 0.25) is 0 Å². The highest BCUT2D eigenvalue weighted by Crippen LogP contribution is 2.49. The molecule has 0 saturated heterocycles. The molecule has 2 atom stereocenters. The largest absolute Gasteiger partial charge is 0.497 e. The number of fused-ring (bicyclic) bond motifs is 2. The van der Waals surface area contributed by atoms with E-state index < -0.39 is 11.8 Å². The summed E-state index contributed by atoms with van der Waals surface area (Å²) in [5, 5.41) is 0. The minimum Gasteiger partial charge on any atom is -0.497 e. The second-order valence-electron chi connectivity index (χ2n) is 7.34. The molecule has 1 aliphatic rings. The number of aryl methyl sites for hydroxylation is 1. The number of Topliss-reactive ketones (excluding diaryl/α,β-unsaturated/α-hetero) is 2. The summed E-state index contributed by atoms with van der Waals surface area (Å²) >= 11 is 0. The van der Waals surface area contributed by atoms with Crippen molar-refractivity contribution in [1.82, 2.24) is 0 Å². The number of hydrogen-bond acceptors (Lipinski definition) is 4. The van der Waals surface area contributed by atoms with Crippen LogP contribution in [0.1, 0.15) is 39.9 Å². The number of rotatable bonds is 5. The van der Waals surface area contributed by atoms with Gasteiger partial charge in [0, 0.05) is 22.6 Å². The maximum Gasteiger partial charge on any atom is 0.174 e. The van der Waals surface area contributed by atoms with Gasteiger partial charge in [-0.25, -0.2) is 0 Å². The Balaban J connectivity index is 1.89. The minimum absolute atomic E-state index is 0.175. The van der Waals surface area contributed by atoms with Crippen molar-refractivity contribution >= 4 is 11.6 Å². The Morgan fingerprint density at radius 2 is 1.62 bits per heavy atom. The number of hydrogen-bond donors (Lipinski definition) is 0. The zero-order valence-electron chi connectivity index (χ0n) is 16.6. The number of methoxy groups -OCH3 is 1. The van der Waals surface area contributed by atoms with Crippen molar-refractivity contribution in [2.45, 2.75) is 19.8 Å². The molecule has 4 nitrogen and oxygen atoms in total. The van der Waals surface area contributed by atoms with Gasteiger partial charge < -0.3 is 9.47 Å². The zero-order chi connectivity index (χ0) is 20.5. The molecule has 0 fully saturated rings. The van der Waals surface area contributed by atoms with Crippen LogP contribution in [0.5, 0.6) is 17.2 Å². The standard InChI is InChI=1S/C25H22O4/c1-15-8-10-17(11-9-15)25(27)23(16(2)26)24-19-6-4-5-7-21(19)29-22-13-12-18(28-3)14-20(22)24/h4-14,23-24H,1-3H3/t23-,24+/m1/s1. The van der Waals surface area contributed by atoms with Gasteiger partial charge in [0.1, 0.15) is 23.0 Å². The normalized spacial score (nSPS) is 15.5. The fraction of sp³-hybridized carbons (Fsp3) is 0.200. The Morgan fingerprint density at radius 1 is 0.931 bits per heavy atom. The minimum atomic E-state index is -0.853. The first kappa shape index (κ1) is 18.9. The highest BCUT2D eigenvalue weighted by molar-refractivity contribution is 6.11. The van der Waals surface area contributed by atoms with E-state index in [2.05, 4.69) is 0 Å². The Morgan fingerprint density at radius 3 is 2.31 bits per heavy atom. The number of carbonyl (C=O) groups is 2. The fourth-order valence-corrected chi connectivity index (χ4v) is 3.93. The van der Waals surface area contributed by atoms with Crippen molar-refractivity contribution < 1.29 is 19.1 Å². The van der Waals surface area contributed by atoms with E-state index in [1.165, 1.54) is 6.92 Å². The van der Waals surface area contributed by atoms with Gasteiger partial charge in [-0.1, -0.05) is 48.0 Å². The van der Waals surface area contributed by atoms with Gasteiger partial charge in [-0.3, -0.25) is 9.59 Å². The average molecular weight is 386 g/mol. The predicted molar refractivity (Wildman–Crippen MR) is 111 cm³/mol. The summed E-state index contributed by atoms with van der Waals surface area (Å²) in [4.78, 5) is 26.3. The highest BCUT2D eigenvalue weighted by Gasteiger charge is 2.40. The van der Waals surface area contributed by atoms with Crippen molar-refractivity contribution in [2.75, 3.05) is 7.11 Å². The van der Waals surface area contributed by atoms with E-state index in [1.807, 2.05) is 61.5 Å². The lowest BCUT2D eigenvalue weighted by molar-refractivity contribution is -0.119. The molecule has 0 N–H and O–H groups in total. The van der Waals surface area contributed by atoms with Crippen molar-refractivity contribution in [1.29, 1.82) is 0 Å². The SMILES string of the molecule is COc1ccc2c(c1)[C@@H]([C@@H](C(C)=O)C(=O)c1ccc(C)cc1)c1ccccc1O2. The van der Waals surface area contributed by atoms with Crippen molar-refractivity contribution in [3.8, 4) is 17.2 Å². The Bertz CT molecular complexity index is 1080. The van der Waals surface area contributed by atoms with Crippen molar-refractivity contribution in [2.24, 2.45) is 5.92 Å². The molecule has 0 saturated carbocycles. The van der Waals surface area contributed by atoms with Gasteiger partial charge in [-0.2, -0.15) is 0 Å². The van der Waals surface area contributed by atoms with E-state index in [0.29, 0.717) is 22.8 Å². The zero-order valence-corrected chi connectivity index (χ0v) is 16.6. The lowest BCUT2D eigenvalue weighted by Gasteiger charge is -2.32. The van der Waals surface area contributed by atoms with Gasteiger partial charge in [0.05, 0.1) is 13.0 Å². The first-order valence-corrected chi connectivity index (χ1v) is 9.55. The van der Waals surface area contributed by atoms with E-state index in [9.17, 15) is 9.59 Å². The van der Waals surface area contributed by atoms with Gasteiger partial charge in [-0.15, -0.1) is 0 Å². The molecule has 4 heteroatoms.